The van der Waals surface area contributed by atoms with E-state index in [0.29, 0.717) is 10.2 Å². The third-order valence-electron chi connectivity index (χ3n) is 5.10. The lowest BCUT2D eigenvalue weighted by Gasteiger charge is -2.27. The molecule has 1 aromatic heterocycles. The number of carbonyl (C=O) groups excluding carboxylic acids is 1. The van der Waals surface area contributed by atoms with E-state index in [2.05, 4.69) is 28.7 Å². The van der Waals surface area contributed by atoms with Crippen LogP contribution >= 0.6 is 34.7 Å². The molecule has 0 spiro atoms. The highest BCUT2D eigenvalue weighted by Gasteiger charge is 2.43. The van der Waals surface area contributed by atoms with E-state index in [1.807, 2.05) is 30.3 Å². The van der Waals surface area contributed by atoms with Gasteiger partial charge in [0, 0.05) is 9.92 Å². The predicted octanol–water partition coefficient (Wildman–Crippen LogP) is 6.12. The number of halogens is 1. The molecule has 26 heavy (non-hydrogen) atoms. The molecule has 0 bridgehead atoms. The molecule has 3 aromatic rings. The summed E-state index contributed by atoms with van der Waals surface area (Å²) in [6.07, 6.45) is 5.91. The van der Waals surface area contributed by atoms with Gasteiger partial charge in [0.2, 0.25) is 5.91 Å². The number of thioether (sulfide) groups is 1. The van der Waals surface area contributed by atoms with Gasteiger partial charge in [0.1, 0.15) is 0 Å². The number of amides is 1. The molecular formula is C20H19ClN2OS2. The minimum absolute atomic E-state index is 0.0430. The highest BCUT2D eigenvalue weighted by Crippen LogP contribution is 2.43. The van der Waals surface area contributed by atoms with Crippen LogP contribution in [0.15, 0.2) is 47.4 Å². The number of aromatic nitrogens is 1. The van der Waals surface area contributed by atoms with E-state index in [4.69, 9.17) is 11.6 Å². The quantitative estimate of drug-likeness (QED) is 0.534. The van der Waals surface area contributed by atoms with Crippen LogP contribution in [0.25, 0.3) is 10.2 Å². The maximum Gasteiger partial charge on any atom is 0.236 e. The standard InChI is InChI=1S/C20H19ClN2OS2/c1-25-15-8-9-16-17(12-15)26-19(22-16)23-18(24)20(10-2-3-11-20)13-4-6-14(21)7-5-13/h4-9,12H,2-3,10-11H2,1H3,(H,22,23,24). The zero-order valence-electron chi connectivity index (χ0n) is 14.4. The smallest absolute Gasteiger partial charge is 0.236 e. The van der Waals surface area contributed by atoms with E-state index in [0.717, 1.165) is 41.5 Å². The molecule has 3 nitrogen and oxygen atoms in total. The molecule has 0 aliphatic heterocycles. The van der Waals surface area contributed by atoms with Crippen LogP contribution in [-0.4, -0.2) is 17.1 Å². The first-order valence-electron chi connectivity index (χ1n) is 8.63. The molecule has 0 unspecified atom stereocenters. The van der Waals surface area contributed by atoms with Crippen molar-refractivity contribution in [2.24, 2.45) is 0 Å². The Labute approximate surface area is 166 Å². The lowest BCUT2D eigenvalue weighted by molar-refractivity contribution is -0.121. The Kier molecular flexibility index (Phi) is 4.95. The SMILES string of the molecule is CSc1ccc2nc(NC(=O)C3(c4ccc(Cl)cc4)CCCC3)sc2c1. The van der Waals surface area contributed by atoms with E-state index < -0.39 is 5.41 Å². The van der Waals surface area contributed by atoms with E-state index in [9.17, 15) is 4.79 Å². The Balaban J connectivity index is 1.64. The lowest BCUT2D eigenvalue weighted by Crippen LogP contribution is -2.37. The van der Waals surface area contributed by atoms with Crippen molar-refractivity contribution in [1.82, 2.24) is 4.98 Å². The summed E-state index contributed by atoms with van der Waals surface area (Å²) >= 11 is 9.27. The van der Waals surface area contributed by atoms with Gasteiger partial charge in [0.25, 0.3) is 0 Å². The summed E-state index contributed by atoms with van der Waals surface area (Å²) in [6, 6.07) is 13.9. The molecule has 1 heterocycles. The lowest BCUT2D eigenvalue weighted by atomic mass is 9.78. The molecule has 0 saturated heterocycles. The summed E-state index contributed by atoms with van der Waals surface area (Å²) in [6.45, 7) is 0. The topological polar surface area (TPSA) is 42.0 Å². The summed E-state index contributed by atoms with van der Waals surface area (Å²) in [5, 5.41) is 4.46. The average Bonchev–Trinajstić information content (AvgIpc) is 3.28. The number of carbonyl (C=O) groups is 1. The summed E-state index contributed by atoms with van der Waals surface area (Å²) in [4.78, 5) is 19.0. The van der Waals surface area contributed by atoms with E-state index >= 15 is 0 Å². The highest BCUT2D eigenvalue weighted by molar-refractivity contribution is 7.98. The molecule has 4 rings (SSSR count). The maximum atomic E-state index is 13.2. The second-order valence-electron chi connectivity index (χ2n) is 6.60. The van der Waals surface area contributed by atoms with Crippen molar-refractivity contribution in [2.75, 3.05) is 11.6 Å². The Morgan fingerprint density at radius 3 is 2.62 bits per heavy atom. The Morgan fingerprint density at radius 1 is 1.19 bits per heavy atom. The molecule has 1 N–H and O–H groups in total. The second-order valence-corrected chi connectivity index (χ2v) is 8.95. The number of anilines is 1. The number of nitrogens with zero attached hydrogens (tertiary/aromatic N) is 1. The van der Waals surface area contributed by atoms with Crippen LogP contribution in [-0.2, 0) is 10.2 Å². The molecule has 134 valence electrons. The van der Waals surface area contributed by atoms with Crippen molar-refractivity contribution >= 4 is 56.0 Å². The average molecular weight is 403 g/mol. The summed E-state index contributed by atoms with van der Waals surface area (Å²) in [7, 11) is 0. The fraction of sp³-hybridized carbons (Fsp3) is 0.300. The largest absolute Gasteiger partial charge is 0.301 e. The monoisotopic (exact) mass is 402 g/mol. The first kappa shape index (κ1) is 17.8. The summed E-state index contributed by atoms with van der Waals surface area (Å²) in [5.41, 5.74) is 1.49. The van der Waals surface area contributed by atoms with Gasteiger partial charge in [-0.25, -0.2) is 4.98 Å². The molecule has 6 heteroatoms. The fourth-order valence-electron chi connectivity index (χ4n) is 3.70. The van der Waals surface area contributed by atoms with E-state index in [-0.39, 0.29) is 5.91 Å². The second kappa shape index (κ2) is 7.22. The van der Waals surface area contributed by atoms with Gasteiger partial charge in [-0.1, -0.05) is 47.9 Å². The Morgan fingerprint density at radius 2 is 1.92 bits per heavy atom. The summed E-state index contributed by atoms with van der Waals surface area (Å²) in [5.74, 6) is 0.0430. The molecule has 0 radical (unpaired) electrons. The summed E-state index contributed by atoms with van der Waals surface area (Å²) < 4.78 is 1.10. The molecule has 1 aliphatic rings. The molecule has 1 fully saturated rings. The minimum atomic E-state index is -0.479. The van der Waals surface area contributed by atoms with Crippen molar-refractivity contribution in [3.05, 3.63) is 53.1 Å². The van der Waals surface area contributed by atoms with Crippen molar-refractivity contribution in [1.29, 1.82) is 0 Å². The molecule has 1 aliphatic carbocycles. The zero-order valence-corrected chi connectivity index (χ0v) is 16.8. The van der Waals surface area contributed by atoms with Crippen LogP contribution in [0.2, 0.25) is 5.02 Å². The maximum absolute atomic E-state index is 13.2. The fourth-order valence-corrected chi connectivity index (χ4v) is 5.24. The van der Waals surface area contributed by atoms with Crippen LogP contribution in [0.3, 0.4) is 0 Å². The van der Waals surface area contributed by atoms with Gasteiger partial charge in [0.15, 0.2) is 5.13 Å². The first-order valence-corrected chi connectivity index (χ1v) is 11.0. The Bertz CT molecular complexity index is 946. The molecule has 0 atom stereocenters. The van der Waals surface area contributed by atoms with Crippen LogP contribution in [0, 0.1) is 0 Å². The van der Waals surface area contributed by atoms with Crippen LogP contribution in [0.1, 0.15) is 31.2 Å². The van der Waals surface area contributed by atoms with Crippen LogP contribution in [0.4, 0.5) is 5.13 Å². The molecule has 2 aromatic carbocycles. The van der Waals surface area contributed by atoms with Gasteiger partial charge < -0.3 is 5.32 Å². The number of thiazole rings is 1. The van der Waals surface area contributed by atoms with Gasteiger partial charge in [-0.05, 0) is 55.0 Å². The van der Waals surface area contributed by atoms with Gasteiger partial charge in [-0.15, -0.1) is 11.8 Å². The number of benzene rings is 2. The Hall–Kier alpha value is -1.56. The number of nitrogens with one attached hydrogen (secondary N) is 1. The number of rotatable bonds is 4. The van der Waals surface area contributed by atoms with E-state index in [1.165, 1.54) is 16.2 Å². The molecular weight excluding hydrogens is 384 g/mol. The minimum Gasteiger partial charge on any atom is -0.301 e. The first-order chi connectivity index (χ1) is 12.6. The van der Waals surface area contributed by atoms with Crippen LogP contribution < -0.4 is 5.32 Å². The third kappa shape index (κ3) is 3.24. The number of hydrogen-bond acceptors (Lipinski definition) is 4. The zero-order chi connectivity index (χ0) is 18.1. The molecule has 1 amide bonds. The number of fused-ring (bicyclic) bond motifs is 1. The van der Waals surface area contributed by atoms with E-state index in [1.54, 1.807) is 11.8 Å². The molecule has 1 saturated carbocycles. The van der Waals surface area contributed by atoms with Gasteiger partial charge in [0.05, 0.1) is 15.6 Å². The predicted molar refractivity (Wildman–Crippen MR) is 112 cm³/mol. The van der Waals surface area contributed by atoms with Crippen molar-refractivity contribution in [2.45, 2.75) is 36.0 Å². The van der Waals surface area contributed by atoms with Crippen molar-refractivity contribution < 1.29 is 4.79 Å². The highest BCUT2D eigenvalue weighted by atomic mass is 35.5. The van der Waals surface area contributed by atoms with Crippen molar-refractivity contribution in [3.8, 4) is 0 Å². The van der Waals surface area contributed by atoms with Crippen molar-refractivity contribution in [3.63, 3.8) is 0 Å². The number of hydrogen-bond donors (Lipinski definition) is 1. The van der Waals surface area contributed by atoms with Gasteiger partial charge in [-0.3, -0.25) is 4.79 Å². The normalized spacial score (nSPS) is 16.1. The third-order valence-corrected chi connectivity index (χ3v) is 7.02. The van der Waals surface area contributed by atoms with Crippen LogP contribution in [0.5, 0.6) is 0 Å². The van der Waals surface area contributed by atoms with Gasteiger partial charge in [-0.2, -0.15) is 0 Å². The van der Waals surface area contributed by atoms with Gasteiger partial charge >= 0.3 is 0 Å².